The third-order valence-corrected chi connectivity index (χ3v) is 5.62. The van der Waals surface area contributed by atoms with E-state index in [2.05, 4.69) is 24.4 Å². The van der Waals surface area contributed by atoms with Crippen LogP contribution >= 0.6 is 0 Å². The van der Waals surface area contributed by atoms with Crippen molar-refractivity contribution in [2.75, 3.05) is 13.2 Å². The first-order valence-electron chi connectivity index (χ1n) is 11.3. The second-order valence-electron chi connectivity index (χ2n) is 8.35. The van der Waals surface area contributed by atoms with Gasteiger partial charge in [0, 0.05) is 0 Å². The van der Waals surface area contributed by atoms with Crippen molar-refractivity contribution in [3.8, 4) is 0 Å². The number of allylic oxidation sites excluding steroid dienone is 2. The van der Waals surface area contributed by atoms with Gasteiger partial charge in [0.1, 0.15) is 36.2 Å². The van der Waals surface area contributed by atoms with E-state index in [0.29, 0.717) is 6.54 Å². The van der Waals surface area contributed by atoms with E-state index in [0.717, 1.165) is 25.7 Å². The van der Waals surface area contributed by atoms with Crippen molar-refractivity contribution in [3.05, 3.63) is 12.2 Å². The summed E-state index contributed by atoms with van der Waals surface area (Å²) in [6, 6.07) is 0. The first-order chi connectivity index (χ1) is 13.8. The minimum Gasteiger partial charge on any atom is -0.394 e. The molecule has 7 heteroatoms. The minimum atomic E-state index is -1.59. The Hall–Kier alpha value is -0.540. The Balaban J connectivity index is 2.16. The van der Waals surface area contributed by atoms with Crippen molar-refractivity contribution >= 4 is 0 Å². The molecule has 1 rings (SSSR count). The Morgan fingerprint density at radius 3 is 2.07 bits per heavy atom. The van der Waals surface area contributed by atoms with Crippen LogP contribution in [0.15, 0.2) is 12.2 Å². The zero-order valence-electron chi connectivity index (χ0n) is 18.2. The molecule has 7 nitrogen and oxygen atoms in total. The smallest absolute Gasteiger partial charge is 0.142 e. The molecular formula is C22H43NO6. The zero-order chi connectivity index (χ0) is 21.7. The molecule has 0 bridgehead atoms. The Morgan fingerprint density at radius 1 is 0.862 bits per heavy atom. The Bertz CT molecular complexity index is 443. The molecule has 0 amide bonds. The molecule has 0 aromatic heterocycles. The predicted octanol–water partition coefficient (Wildman–Crippen LogP) is 1.60. The number of hydrogen-bond acceptors (Lipinski definition) is 7. The van der Waals surface area contributed by atoms with Gasteiger partial charge < -0.3 is 30.3 Å². The van der Waals surface area contributed by atoms with Crippen LogP contribution in [0.5, 0.6) is 0 Å². The standard InChI is InChI=1S/C22H43NO6/c1-3-4-5-6-7-8-9-10-11-12-13-14-15-23-22(2,28)21-20(27)19(26)18(25)17(16-24)29-21/h6-7,17-21,23-28H,3-5,8-16H2,1-2H3/b7-6-/t17-,18-,19+,20-,21-,22?/m1/s1. The largest absolute Gasteiger partial charge is 0.394 e. The average molecular weight is 418 g/mol. The van der Waals surface area contributed by atoms with Crippen LogP contribution in [0.3, 0.4) is 0 Å². The van der Waals surface area contributed by atoms with Crippen LogP contribution in [-0.4, -0.2) is 74.9 Å². The first kappa shape index (κ1) is 26.5. The molecule has 6 N–H and O–H groups in total. The lowest BCUT2D eigenvalue weighted by molar-refractivity contribution is -0.272. The van der Waals surface area contributed by atoms with Crippen molar-refractivity contribution in [1.82, 2.24) is 5.32 Å². The molecule has 0 radical (unpaired) electrons. The molecule has 29 heavy (non-hydrogen) atoms. The third-order valence-electron chi connectivity index (χ3n) is 5.62. The fourth-order valence-corrected chi connectivity index (χ4v) is 3.66. The van der Waals surface area contributed by atoms with Crippen LogP contribution in [-0.2, 0) is 4.74 Å². The van der Waals surface area contributed by atoms with Crippen molar-refractivity contribution in [3.63, 3.8) is 0 Å². The highest BCUT2D eigenvalue weighted by Crippen LogP contribution is 2.27. The second-order valence-corrected chi connectivity index (χ2v) is 8.35. The van der Waals surface area contributed by atoms with Crippen LogP contribution < -0.4 is 5.32 Å². The summed E-state index contributed by atoms with van der Waals surface area (Å²) in [5, 5.41) is 52.7. The number of nitrogens with one attached hydrogen (secondary N) is 1. The summed E-state index contributed by atoms with van der Waals surface area (Å²) in [6.07, 6.45) is 9.65. The van der Waals surface area contributed by atoms with Crippen LogP contribution in [0.2, 0.25) is 0 Å². The number of hydrogen-bond donors (Lipinski definition) is 6. The van der Waals surface area contributed by atoms with Gasteiger partial charge >= 0.3 is 0 Å². The molecular weight excluding hydrogens is 374 g/mol. The number of rotatable bonds is 15. The lowest BCUT2D eigenvalue weighted by Gasteiger charge is -2.45. The van der Waals surface area contributed by atoms with E-state index in [4.69, 9.17) is 4.74 Å². The summed E-state index contributed by atoms with van der Waals surface area (Å²) in [5.74, 6) is 0. The topological polar surface area (TPSA) is 122 Å². The molecule has 0 spiro atoms. The maximum absolute atomic E-state index is 10.6. The summed E-state index contributed by atoms with van der Waals surface area (Å²) >= 11 is 0. The number of unbranched alkanes of at least 4 members (excludes halogenated alkanes) is 8. The molecule has 0 aliphatic carbocycles. The van der Waals surface area contributed by atoms with E-state index in [1.54, 1.807) is 0 Å². The fraction of sp³-hybridized carbons (Fsp3) is 0.909. The van der Waals surface area contributed by atoms with Gasteiger partial charge in [0.15, 0.2) is 0 Å². The van der Waals surface area contributed by atoms with Gasteiger partial charge in [0.25, 0.3) is 0 Å². The molecule has 6 atom stereocenters. The molecule has 0 aromatic rings. The number of ether oxygens (including phenoxy) is 1. The summed E-state index contributed by atoms with van der Waals surface area (Å²) in [5.41, 5.74) is -1.59. The van der Waals surface area contributed by atoms with Gasteiger partial charge in [-0.05, 0) is 39.2 Å². The fourth-order valence-electron chi connectivity index (χ4n) is 3.66. The van der Waals surface area contributed by atoms with Gasteiger partial charge in [-0.25, -0.2) is 0 Å². The molecule has 1 unspecified atom stereocenters. The van der Waals surface area contributed by atoms with E-state index in [1.165, 1.54) is 45.4 Å². The minimum absolute atomic E-state index is 0.508. The Kier molecular flexibility index (Phi) is 13.2. The Labute approximate surface area is 175 Å². The quantitative estimate of drug-likeness (QED) is 0.136. The monoisotopic (exact) mass is 417 g/mol. The van der Waals surface area contributed by atoms with Crippen LogP contribution in [0.1, 0.15) is 78.1 Å². The average Bonchev–Trinajstić information content (AvgIpc) is 2.69. The van der Waals surface area contributed by atoms with Gasteiger partial charge in [-0.2, -0.15) is 0 Å². The van der Waals surface area contributed by atoms with Crippen molar-refractivity contribution in [2.24, 2.45) is 0 Å². The summed E-state index contributed by atoms with van der Waals surface area (Å²) in [4.78, 5) is 0. The molecule has 0 aromatic carbocycles. The molecule has 1 saturated heterocycles. The normalized spacial score (nSPS) is 30.0. The van der Waals surface area contributed by atoms with Gasteiger partial charge in [-0.15, -0.1) is 0 Å². The summed E-state index contributed by atoms with van der Waals surface area (Å²) < 4.78 is 5.43. The van der Waals surface area contributed by atoms with Crippen molar-refractivity contribution < 1.29 is 30.3 Å². The molecule has 1 aliphatic heterocycles. The molecule has 1 heterocycles. The van der Waals surface area contributed by atoms with E-state index >= 15 is 0 Å². The highest BCUT2D eigenvalue weighted by molar-refractivity contribution is 4.98. The first-order valence-corrected chi connectivity index (χ1v) is 11.3. The van der Waals surface area contributed by atoms with E-state index in [1.807, 2.05) is 0 Å². The van der Waals surface area contributed by atoms with Gasteiger partial charge in [-0.3, -0.25) is 5.32 Å². The third kappa shape index (κ3) is 9.42. The summed E-state index contributed by atoms with van der Waals surface area (Å²) in [7, 11) is 0. The lowest BCUT2D eigenvalue weighted by atomic mass is 9.90. The maximum Gasteiger partial charge on any atom is 0.142 e. The highest BCUT2D eigenvalue weighted by atomic mass is 16.6. The van der Waals surface area contributed by atoms with Gasteiger partial charge in [0.05, 0.1) is 6.61 Å². The SMILES string of the molecule is CCCC/C=C\CCCCCCCCNC(C)(O)[C@@H]1O[C@H](CO)[C@@H](O)[C@H](O)[C@H]1O. The highest BCUT2D eigenvalue weighted by Gasteiger charge is 2.50. The second kappa shape index (κ2) is 14.5. The van der Waals surface area contributed by atoms with Crippen LogP contribution in [0, 0.1) is 0 Å². The van der Waals surface area contributed by atoms with Gasteiger partial charge in [-0.1, -0.05) is 57.6 Å². The molecule has 1 fully saturated rings. The maximum atomic E-state index is 10.6. The molecule has 0 saturated carbocycles. The van der Waals surface area contributed by atoms with Crippen molar-refractivity contribution in [2.45, 2.75) is 114 Å². The predicted molar refractivity (Wildman–Crippen MR) is 113 cm³/mol. The lowest BCUT2D eigenvalue weighted by Crippen LogP contribution is -2.68. The number of aliphatic hydroxyl groups excluding tert-OH is 4. The van der Waals surface area contributed by atoms with Gasteiger partial charge in [0.2, 0.25) is 0 Å². The molecule has 1 aliphatic rings. The molecule has 172 valence electrons. The van der Waals surface area contributed by atoms with Crippen molar-refractivity contribution in [1.29, 1.82) is 0 Å². The number of aliphatic hydroxyl groups is 5. The zero-order valence-corrected chi connectivity index (χ0v) is 18.2. The van der Waals surface area contributed by atoms with E-state index < -0.39 is 42.9 Å². The summed E-state index contributed by atoms with van der Waals surface area (Å²) in [6.45, 7) is 3.71. The van der Waals surface area contributed by atoms with Crippen LogP contribution in [0.4, 0.5) is 0 Å². The van der Waals surface area contributed by atoms with Crippen LogP contribution in [0.25, 0.3) is 0 Å². The van der Waals surface area contributed by atoms with E-state index in [-0.39, 0.29) is 0 Å². The van der Waals surface area contributed by atoms with E-state index in [9.17, 15) is 25.5 Å². The Morgan fingerprint density at radius 2 is 1.45 bits per heavy atom.